The summed E-state index contributed by atoms with van der Waals surface area (Å²) in [6.45, 7) is 10.2. The average Bonchev–Trinajstić information content (AvgIpc) is 3.16. The maximum Gasteiger partial charge on any atom is 0.0615 e. The van der Waals surface area contributed by atoms with Gasteiger partial charge in [0.15, 0.2) is 0 Å². The van der Waals surface area contributed by atoms with Gasteiger partial charge >= 0.3 is 0 Å². The molecule has 0 aromatic rings. The lowest BCUT2D eigenvalue weighted by molar-refractivity contribution is -0.0224. The second-order valence-corrected chi connectivity index (χ2v) is 6.45. The molecule has 2 rings (SSSR count). The van der Waals surface area contributed by atoms with Gasteiger partial charge in [0.05, 0.1) is 6.61 Å². The van der Waals surface area contributed by atoms with Crippen LogP contribution in [0, 0.1) is 5.92 Å². The van der Waals surface area contributed by atoms with Gasteiger partial charge in [-0.15, -0.1) is 0 Å². The molecule has 0 amide bonds. The van der Waals surface area contributed by atoms with Gasteiger partial charge in [0, 0.05) is 37.8 Å². The number of hydrogen-bond donors (Lipinski definition) is 1. The Hall–Kier alpha value is -0.120. The highest BCUT2D eigenvalue weighted by molar-refractivity contribution is 5.06. The van der Waals surface area contributed by atoms with E-state index in [0.29, 0.717) is 17.6 Å². The molecule has 106 valence electrons. The summed E-state index contributed by atoms with van der Waals surface area (Å²) in [5.41, 5.74) is 0.349. The molecule has 18 heavy (non-hydrogen) atoms. The summed E-state index contributed by atoms with van der Waals surface area (Å²) in [5.74, 6) is 0.895. The first-order valence-electron chi connectivity index (χ1n) is 7.61. The van der Waals surface area contributed by atoms with Gasteiger partial charge < -0.3 is 10.1 Å². The minimum Gasteiger partial charge on any atom is -0.383 e. The van der Waals surface area contributed by atoms with E-state index in [-0.39, 0.29) is 0 Å². The summed E-state index contributed by atoms with van der Waals surface area (Å²) in [5, 5.41) is 3.78. The fourth-order valence-corrected chi connectivity index (χ4v) is 3.60. The Morgan fingerprint density at radius 3 is 2.72 bits per heavy atom. The molecule has 1 aliphatic carbocycles. The summed E-state index contributed by atoms with van der Waals surface area (Å²) in [6.07, 6.45) is 5.38. The summed E-state index contributed by atoms with van der Waals surface area (Å²) in [6, 6.07) is 1.20. The van der Waals surface area contributed by atoms with Crippen LogP contribution in [0.3, 0.4) is 0 Å². The van der Waals surface area contributed by atoms with Crippen molar-refractivity contribution in [3.8, 4) is 0 Å². The van der Waals surface area contributed by atoms with Crippen LogP contribution < -0.4 is 5.32 Å². The largest absolute Gasteiger partial charge is 0.383 e. The third-order valence-electron chi connectivity index (χ3n) is 4.86. The van der Waals surface area contributed by atoms with Crippen molar-refractivity contribution < 1.29 is 4.74 Å². The van der Waals surface area contributed by atoms with Crippen molar-refractivity contribution in [2.24, 2.45) is 5.92 Å². The van der Waals surface area contributed by atoms with Gasteiger partial charge in [-0.05, 0) is 39.0 Å². The SMILES string of the molecule is CCCC1CN(C(C)COC)C(C)(C2CC2)CN1. The fraction of sp³-hybridized carbons (Fsp3) is 1.00. The standard InChI is InChI=1S/C15H30N2O/c1-5-6-14-9-17(12(2)10-18-4)15(3,11-16-14)13-7-8-13/h12-14,16H,5-11H2,1-4H3. The lowest BCUT2D eigenvalue weighted by atomic mass is 9.87. The van der Waals surface area contributed by atoms with Crippen molar-refractivity contribution in [1.82, 2.24) is 10.2 Å². The minimum atomic E-state index is 0.349. The Morgan fingerprint density at radius 1 is 1.44 bits per heavy atom. The zero-order chi connectivity index (χ0) is 13.2. The van der Waals surface area contributed by atoms with Crippen LogP contribution in [0.4, 0.5) is 0 Å². The Balaban J connectivity index is 2.05. The summed E-state index contributed by atoms with van der Waals surface area (Å²) >= 11 is 0. The molecule has 3 atom stereocenters. The van der Waals surface area contributed by atoms with E-state index in [9.17, 15) is 0 Å². The van der Waals surface area contributed by atoms with E-state index in [1.165, 1.54) is 32.2 Å². The van der Waals surface area contributed by atoms with E-state index < -0.39 is 0 Å². The van der Waals surface area contributed by atoms with Gasteiger partial charge in [-0.3, -0.25) is 4.90 Å². The highest BCUT2D eigenvalue weighted by Gasteiger charge is 2.49. The lowest BCUT2D eigenvalue weighted by Crippen LogP contribution is -2.67. The van der Waals surface area contributed by atoms with Gasteiger partial charge in [0.25, 0.3) is 0 Å². The fourth-order valence-electron chi connectivity index (χ4n) is 3.60. The maximum absolute atomic E-state index is 5.38. The second kappa shape index (κ2) is 5.89. The van der Waals surface area contributed by atoms with Crippen molar-refractivity contribution >= 4 is 0 Å². The third kappa shape index (κ3) is 2.89. The molecule has 1 N–H and O–H groups in total. The Labute approximate surface area is 112 Å². The predicted octanol–water partition coefficient (Wildman–Crippen LogP) is 2.26. The zero-order valence-corrected chi connectivity index (χ0v) is 12.5. The van der Waals surface area contributed by atoms with Crippen LogP contribution in [0.1, 0.15) is 46.5 Å². The van der Waals surface area contributed by atoms with Crippen LogP contribution in [0.15, 0.2) is 0 Å². The molecule has 0 radical (unpaired) electrons. The zero-order valence-electron chi connectivity index (χ0n) is 12.5. The van der Waals surface area contributed by atoms with Gasteiger partial charge in [0.1, 0.15) is 0 Å². The molecule has 1 heterocycles. The number of ether oxygens (including phenoxy) is 1. The summed E-state index contributed by atoms with van der Waals surface area (Å²) in [4.78, 5) is 2.73. The Kier molecular flexibility index (Phi) is 4.68. The molecular weight excluding hydrogens is 224 g/mol. The third-order valence-corrected chi connectivity index (χ3v) is 4.86. The van der Waals surface area contributed by atoms with Crippen molar-refractivity contribution in [2.75, 3.05) is 26.8 Å². The molecule has 1 saturated carbocycles. The van der Waals surface area contributed by atoms with E-state index in [2.05, 4.69) is 31.0 Å². The minimum absolute atomic E-state index is 0.349. The molecule has 2 fully saturated rings. The summed E-state index contributed by atoms with van der Waals surface area (Å²) < 4.78 is 5.38. The van der Waals surface area contributed by atoms with Crippen molar-refractivity contribution in [2.45, 2.75) is 64.1 Å². The van der Waals surface area contributed by atoms with Gasteiger partial charge in [-0.1, -0.05) is 13.3 Å². The number of rotatable bonds is 6. The summed E-state index contributed by atoms with van der Waals surface area (Å²) in [7, 11) is 1.82. The van der Waals surface area contributed by atoms with Gasteiger partial charge in [0.2, 0.25) is 0 Å². The van der Waals surface area contributed by atoms with Crippen LogP contribution in [0.2, 0.25) is 0 Å². The molecule has 0 spiro atoms. The first kappa shape index (κ1) is 14.3. The van der Waals surface area contributed by atoms with Crippen molar-refractivity contribution in [1.29, 1.82) is 0 Å². The van der Waals surface area contributed by atoms with E-state index in [0.717, 1.165) is 19.1 Å². The molecule has 3 nitrogen and oxygen atoms in total. The monoisotopic (exact) mass is 254 g/mol. The van der Waals surface area contributed by atoms with Crippen LogP contribution >= 0.6 is 0 Å². The predicted molar refractivity (Wildman–Crippen MR) is 75.9 cm³/mol. The van der Waals surface area contributed by atoms with Crippen molar-refractivity contribution in [3.63, 3.8) is 0 Å². The maximum atomic E-state index is 5.38. The van der Waals surface area contributed by atoms with E-state index >= 15 is 0 Å². The van der Waals surface area contributed by atoms with E-state index in [4.69, 9.17) is 4.74 Å². The molecule has 3 unspecified atom stereocenters. The number of nitrogens with one attached hydrogen (secondary N) is 1. The van der Waals surface area contributed by atoms with Gasteiger partial charge in [-0.2, -0.15) is 0 Å². The molecule has 2 aliphatic rings. The van der Waals surface area contributed by atoms with E-state index in [1.54, 1.807) is 0 Å². The Bertz CT molecular complexity index is 267. The molecule has 3 heteroatoms. The van der Waals surface area contributed by atoms with Crippen LogP contribution in [0.25, 0.3) is 0 Å². The normalized spacial score (nSPS) is 35.7. The molecule has 0 aromatic carbocycles. The number of nitrogens with zero attached hydrogens (tertiary/aromatic N) is 1. The van der Waals surface area contributed by atoms with Crippen LogP contribution in [-0.2, 0) is 4.74 Å². The Morgan fingerprint density at radius 2 is 2.17 bits per heavy atom. The first-order valence-corrected chi connectivity index (χ1v) is 7.61. The highest BCUT2D eigenvalue weighted by atomic mass is 16.5. The molecule has 0 aromatic heterocycles. The number of hydrogen-bond acceptors (Lipinski definition) is 3. The quantitative estimate of drug-likeness (QED) is 0.787. The topological polar surface area (TPSA) is 24.5 Å². The first-order chi connectivity index (χ1) is 8.61. The molecule has 1 saturated heterocycles. The second-order valence-electron chi connectivity index (χ2n) is 6.45. The van der Waals surface area contributed by atoms with Crippen LogP contribution in [-0.4, -0.2) is 49.3 Å². The lowest BCUT2D eigenvalue weighted by Gasteiger charge is -2.51. The highest BCUT2D eigenvalue weighted by Crippen LogP contribution is 2.44. The number of piperazine rings is 1. The molecule has 1 aliphatic heterocycles. The molecule has 0 bridgehead atoms. The van der Waals surface area contributed by atoms with Crippen molar-refractivity contribution in [3.05, 3.63) is 0 Å². The molecular formula is C15H30N2O. The average molecular weight is 254 g/mol. The number of methoxy groups -OCH3 is 1. The van der Waals surface area contributed by atoms with E-state index in [1.807, 2.05) is 7.11 Å². The smallest absolute Gasteiger partial charge is 0.0615 e. The van der Waals surface area contributed by atoms with Crippen LogP contribution in [0.5, 0.6) is 0 Å². The van der Waals surface area contributed by atoms with Gasteiger partial charge in [-0.25, -0.2) is 0 Å².